The highest BCUT2D eigenvalue weighted by Gasteiger charge is 2.57. The molecule has 2 aliphatic rings. The zero-order valence-corrected chi connectivity index (χ0v) is 15.1. The molecule has 0 saturated heterocycles. The van der Waals surface area contributed by atoms with Crippen LogP contribution in [0.2, 0.25) is 5.02 Å². The van der Waals surface area contributed by atoms with Crippen molar-refractivity contribution in [2.45, 2.75) is 58.1 Å². The van der Waals surface area contributed by atoms with E-state index in [0.717, 1.165) is 25.9 Å². The molecule has 24 heavy (non-hydrogen) atoms. The maximum absolute atomic E-state index is 12.6. The summed E-state index contributed by atoms with van der Waals surface area (Å²) in [5, 5.41) is 3.54. The summed E-state index contributed by atoms with van der Waals surface area (Å²) >= 11 is 6.13. The number of amides is 1. The second-order valence-corrected chi connectivity index (χ2v) is 7.00. The fraction of sp³-hybridized carbons (Fsp3) is 0.667. The van der Waals surface area contributed by atoms with E-state index in [1.165, 1.54) is 19.0 Å². The van der Waals surface area contributed by atoms with E-state index >= 15 is 0 Å². The van der Waals surface area contributed by atoms with Gasteiger partial charge < -0.3 is 14.8 Å². The number of rotatable bonds is 6. The van der Waals surface area contributed by atoms with Crippen molar-refractivity contribution < 1.29 is 14.3 Å². The topological polar surface area (TPSA) is 60.5 Å². The normalized spacial score (nSPS) is 24.6. The van der Waals surface area contributed by atoms with Crippen LogP contribution in [0.3, 0.4) is 0 Å². The van der Waals surface area contributed by atoms with Gasteiger partial charge in [-0.15, -0.1) is 0 Å². The quantitative estimate of drug-likeness (QED) is 0.849. The number of ether oxygens (including phenoxy) is 2. The molecule has 0 bridgehead atoms. The van der Waals surface area contributed by atoms with E-state index in [9.17, 15) is 4.79 Å². The molecule has 1 N–H and O–H groups in total. The lowest BCUT2D eigenvalue weighted by Crippen LogP contribution is -2.63. The van der Waals surface area contributed by atoms with Crippen molar-refractivity contribution in [2.24, 2.45) is 5.41 Å². The van der Waals surface area contributed by atoms with Gasteiger partial charge in [-0.25, -0.2) is 4.98 Å². The Morgan fingerprint density at radius 1 is 1.38 bits per heavy atom. The number of pyridine rings is 1. The van der Waals surface area contributed by atoms with E-state index in [1.807, 2.05) is 13.8 Å². The van der Waals surface area contributed by atoms with Gasteiger partial charge in [-0.2, -0.15) is 0 Å². The van der Waals surface area contributed by atoms with Crippen molar-refractivity contribution in [1.29, 1.82) is 0 Å². The summed E-state index contributed by atoms with van der Waals surface area (Å²) in [7, 11) is 0. The maximum Gasteiger partial charge on any atom is 0.253 e. The summed E-state index contributed by atoms with van der Waals surface area (Å²) in [6.45, 7) is 5.11. The molecule has 6 heteroatoms. The van der Waals surface area contributed by atoms with Crippen LogP contribution in [0.5, 0.6) is 5.88 Å². The Morgan fingerprint density at radius 3 is 2.75 bits per heavy atom. The molecule has 1 heterocycles. The Morgan fingerprint density at radius 2 is 2.12 bits per heavy atom. The van der Waals surface area contributed by atoms with Crippen molar-refractivity contribution in [2.75, 3.05) is 13.2 Å². The molecule has 2 aliphatic carbocycles. The first-order chi connectivity index (χ1) is 11.6. The average Bonchev–Trinajstić information content (AvgIpc) is 3.08. The van der Waals surface area contributed by atoms with Crippen molar-refractivity contribution in [1.82, 2.24) is 10.3 Å². The molecular weight excluding hydrogens is 328 g/mol. The number of carbonyl (C=O) groups excluding carboxylic acids is 1. The monoisotopic (exact) mass is 352 g/mol. The second kappa shape index (κ2) is 7.28. The molecule has 0 unspecified atom stereocenters. The third kappa shape index (κ3) is 3.11. The number of carbonyl (C=O) groups is 1. The van der Waals surface area contributed by atoms with Gasteiger partial charge in [-0.3, -0.25) is 4.79 Å². The minimum Gasteiger partial charge on any atom is -0.477 e. The Labute approximate surface area is 148 Å². The van der Waals surface area contributed by atoms with E-state index in [1.54, 1.807) is 6.07 Å². The van der Waals surface area contributed by atoms with Crippen LogP contribution in [-0.2, 0) is 4.74 Å². The lowest BCUT2D eigenvalue weighted by molar-refractivity contribution is -0.127. The summed E-state index contributed by atoms with van der Waals surface area (Å²) in [5.41, 5.74) is 0.588. The van der Waals surface area contributed by atoms with Gasteiger partial charge >= 0.3 is 0 Å². The summed E-state index contributed by atoms with van der Waals surface area (Å²) in [6.07, 6.45) is 7.37. The molecule has 3 rings (SSSR count). The van der Waals surface area contributed by atoms with Crippen molar-refractivity contribution in [3.05, 3.63) is 22.8 Å². The highest BCUT2D eigenvalue weighted by Crippen LogP contribution is 2.54. The minimum absolute atomic E-state index is 0.119. The number of aromatic nitrogens is 1. The van der Waals surface area contributed by atoms with E-state index in [0.29, 0.717) is 23.1 Å². The van der Waals surface area contributed by atoms with Crippen LogP contribution in [0.15, 0.2) is 12.3 Å². The number of nitrogens with one attached hydrogen (secondary N) is 1. The molecule has 2 fully saturated rings. The van der Waals surface area contributed by atoms with Crippen LogP contribution in [0.25, 0.3) is 0 Å². The molecule has 1 aromatic rings. The zero-order valence-electron chi connectivity index (χ0n) is 14.3. The van der Waals surface area contributed by atoms with Gasteiger partial charge in [-0.05, 0) is 39.2 Å². The fourth-order valence-corrected chi connectivity index (χ4v) is 4.34. The maximum atomic E-state index is 12.6. The van der Waals surface area contributed by atoms with E-state index < -0.39 is 0 Å². The number of hydrogen-bond acceptors (Lipinski definition) is 4. The first-order valence-electron chi connectivity index (χ1n) is 8.81. The molecule has 0 radical (unpaired) electrons. The van der Waals surface area contributed by atoms with Gasteiger partial charge in [-0.1, -0.05) is 24.4 Å². The molecule has 0 aromatic carbocycles. The third-order valence-corrected chi connectivity index (χ3v) is 5.61. The Bertz CT molecular complexity index is 602. The largest absolute Gasteiger partial charge is 0.477 e. The Balaban J connectivity index is 1.68. The van der Waals surface area contributed by atoms with Gasteiger partial charge in [0.15, 0.2) is 0 Å². The molecule has 5 nitrogen and oxygen atoms in total. The van der Waals surface area contributed by atoms with Gasteiger partial charge in [0.2, 0.25) is 5.88 Å². The van der Waals surface area contributed by atoms with Crippen LogP contribution >= 0.6 is 11.6 Å². The highest BCUT2D eigenvalue weighted by atomic mass is 35.5. The third-order valence-electron chi connectivity index (χ3n) is 5.34. The van der Waals surface area contributed by atoms with Gasteiger partial charge in [0, 0.05) is 24.3 Å². The number of nitrogens with zero attached hydrogens (tertiary/aromatic N) is 1. The zero-order chi connectivity index (χ0) is 17.2. The summed E-state index contributed by atoms with van der Waals surface area (Å²) in [6, 6.07) is 1.80. The van der Waals surface area contributed by atoms with Crippen molar-refractivity contribution in [3.63, 3.8) is 0 Å². The average molecular weight is 353 g/mol. The smallest absolute Gasteiger partial charge is 0.253 e. The van der Waals surface area contributed by atoms with Crippen molar-refractivity contribution in [3.8, 4) is 5.88 Å². The van der Waals surface area contributed by atoms with E-state index in [2.05, 4.69) is 10.3 Å². The Kier molecular flexibility index (Phi) is 5.30. The first kappa shape index (κ1) is 17.5. The van der Waals surface area contributed by atoms with Crippen LogP contribution in [-0.4, -0.2) is 36.3 Å². The molecule has 1 aromatic heterocycles. The molecule has 132 valence electrons. The SMILES string of the molecule is CCOc1ncc(C(=O)N[C@@H]2C[C@@H](OCC)C23CCCC3)cc1Cl. The highest BCUT2D eigenvalue weighted by molar-refractivity contribution is 6.32. The lowest BCUT2D eigenvalue weighted by Gasteiger charge is -2.54. The summed E-state index contributed by atoms with van der Waals surface area (Å²) in [4.78, 5) is 16.7. The van der Waals surface area contributed by atoms with Gasteiger partial charge in [0.05, 0.1) is 18.3 Å². The Hall–Kier alpha value is -1.33. The minimum atomic E-state index is -0.126. The van der Waals surface area contributed by atoms with E-state index in [4.69, 9.17) is 21.1 Å². The van der Waals surface area contributed by atoms with Crippen LogP contribution in [0, 0.1) is 5.41 Å². The summed E-state index contributed by atoms with van der Waals surface area (Å²) < 4.78 is 11.2. The molecule has 2 saturated carbocycles. The molecule has 1 amide bonds. The molecule has 1 spiro atoms. The van der Waals surface area contributed by atoms with Crippen LogP contribution < -0.4 is 10.1 Å². The second-order valence-electron chi connectivity index (χ2n) is 6.59. The number of halogens is 1. The molecular formula is C18H25ClN2O3. The summed E-state index contributed by atoms with van der Waals surface area (Å²) in [5.74, 6) is 0.238. The van der Waals surface area contributed by atoms with Gasteiger partial charge in [0.1, 0.15) is 5.02 Å². The van der Waals surface area contributed by atoms with Crippen molar-refractivity contribution >= 4 is 17.5 Å². The standard InChI is InChI=1S/C18H25ClN2O3/c1-3-23-15-10-14(18(15)7-5-6-8-18)21-16(22)12-9-13(19)17(20-11-12)24-4-2/h9,11,14-15H,3-8,10H2,1-2H3,(H,21,22)/t14-,15-/m1/s1. The lowest BCUT2D eigenvalue weighted by atomic mass is 9.60. The van der Waals surface area contributed by atoms with Crippen LogP contribution in [0.1, 0.15) is 56.3 Å². The molecule has 0 aliphatic heterocycles. The predicted octanol–water partition coefficient (Wildman–Crippen LogP) is 3.60. The van der Waals surface area contributed by atoms with Crippen LogP contribution in [0.4, 0.5) is 0 Å². The first-order valence-corrected chi connectivity index (χ1v) is 9.19. The van der Waals surface area contributed by atoms with Gasteiger partial charge in [0.25, 0.3) is 5.91 Å². The number of hydrogen-bond donors (Lipinski definition) is 1. The molecule has 2 atom stereocenters. The predicted molar refractivity (Wildman–Crippen MR) is 92.6 cm³/mol. The van der Waals surface area contributed by atoms with E-state index in [-0.39, 0.29) is 23.5 Å². The fourth-order valence-electron chi connectivity index (χ4n) is 4.12.